The van der Waals surface area contributed by atoms with Crippen molar-refractivity contribution in [3.8, 4) is 0 Å². The van der Waals surface area contributed by atoms with Crippen molar-refractivity contribution in [2.45, 2.75) is 33.4 Å². The predicted molar refractivity (Wildman–Crippen MR) is 102 cm³/mol. The third-order valence-corrected chi connectivity index (χ3v) is 4.01. The molecule has 0 spiro atoms. The van der Waals surface area contributed by atoms with E-state index in [-0.39, 0.29) is 0 Å². The lowest BCUT2D eigenvalue weighted by Crippen LogP contribution is -2.38. The number of oxazole rings is 1. The highest BCUT2D eigenvalue weighted by molar-refractivity contribution is 5.79. The summed E-state index contributed by atoms with van der Waals surface area (Å²) in [6, 6.07) is 10.5. The van der Waals surface area contributed by atoms with Gasteiger partial charge >= 0.3 is 0 Å². The first-order valence-electron chi connectivity index (χ1n) is 8.68. The maximum absolute atomic E-state index is 5.56. The monoisotopic (exact) mass is 343 g/mol. The van der Waals surface area contributed by atoms with Crippen molar-refractivity contribution in [3.05, 3.63) is 53.2 Å². The van der Waals surface area contributed by atoms with E-state index in [0.29, 0.717) is 12.4 Å². The van der Waals surface area contributed by atoms with Gasteiger partial charge in [-0.15, -0.1) is 0 Å². The van der Waals surface area contributed by atoms with Crippen LogP contribution in [0.4, 0.5) is 0 Å². The number of hydrogen-bond acceptors (Lipinski definition) is 4. The van der Waals surface area contributed by atoms with Crippen molar-refractivity contribution in [2.75, 3.05) is 27.2 Å². The fraction of sp³-hybridized carbons (Fsp3) is 0.474. The number of aryl methyl sites for hydroxylation is 2. The SMILES string of the molecule is CN=C(NCCCN(C)Cc1ccccc1)NCc1nc(C)c(C)o1. The Kier molecular flexibility index (Phi) is 7.47. The second-order valence-electron chi connectivity index (χ2n) is 6.18. The molecule has 0 aliphatic rings. The number of aromatic nitrogens is 1. The van der Waals surface area contributed by atoms with Crippen LogP contribution in [-0.2, 0) is 13.1 Å². The third-order valence-electron chi connectivity index (χ3n) is 4.01. The quantitative estimate of drug-likeness (QED) is 0.438. The Morgan fingerprint density at radius 3 is 2.60 bits per heavy atom. The first-order valence-corrected chi connectivity index (χ1v) is 8.68. The minimum atomic E-state index is 0.530. The summed E-state index contributed by atoms with van der Waals surface area (Å²) >= 11 is 0. The van der Waals surface area contributed by atoms with Gasteiger partial charge in [-0.1, -0.05) is 30.3 Å². The molecule has 0 amide bonds. The smallest absolute Gasteiger partial charge is 0.214 e. The molecule has 0 bridgehead atoms. The van der Waals surface area contributed by atoms with E-state index in [1.165, 1.54) is 5.56 Å². The summed E-state index contributed by atoms with van der Waals surface area (Å²) in [6.45, 7) is 7.25. The molecule has 0 aliphatic heterocycles. The van der Waals surface area contributed by atoms with Crippen molar-refractivity contribution in [2.24, 2.45) is 4.99 Å². The van der Waals surface area contributed by atoms with Crippen LogP contribution in [0.5, 0.6) is 0 Å². The number of aliphatic imine (C=N–C) groups is 1. The highest BCUT2D eigenvalue weighted by Crippen LogP contribution is 2.07. The van der Waals surface area contributed by atoms with Crippen molar-refractivity contribution >= 4 is 5.96 Å². The Morgan fingerprint density at radius 2 is 1.96 bits per heavy atom. The zero-order valence-electron chi connectivity index (χ0n) is 15.7. The van der Waals surface area contributed by atoms with Gasteiger partial charge in [0.25, 0.3) is 0 Å². The number of benzene rings is 1. The molecule has 0 saturated carbocycles. The number of nitrogens with one attached hydrogen (secondary N) is 2. The zero-order chi connectivity index (χ0) is 18.1. The van der Waals surface area contributed by atoms with Crippen LogP contribution in [-0.4, -0.2) is 43.0 Å². The van der Waals surface area contributed by atoms with Gasteiger partial charge in [0.1, 0.15) is 5.76 Å². The minimum absolute atomic E-state index is 0.530. The van der Waals surface area contributed by atoms with Gasteiger partial charge < -0.3 is 20.0 Å². The first kappa shape index (κ1) is 19.0. The molecule has 2 N–H and O–H groups in total. The molecule has 2 aromatic rings. The van der Waals surface area contributed by atoms with Gasteiger partial charge in [0.05, 0.1) is 12.2 Å². The maximum atomic E-state index is 5.56. The Balaban J connectivity index is 1.63. The van der Waals surface area contributed by atoms with Crippen LogP contribution >= 0.6 is 0 Å². The number of guanidine groups is 1. The molecular formula is C19H29N5O. The molecule has 0 fully saturated rings. The van der Waals surface area contributed by atoms with Gasteiger partial charge in [-0.25, -0.2) is 4.98 Å². The average molecular weight is 343 g/mol. The Labute approximate surface area is 150 Å². The van der Waals surface area contributed by atoms with E-state index in [1.807, 2.05) is 19.9 Å². The molecule has 6 heteroatoms. The van der Waals surface area contributed by atoms with Crippen molar-refractivity contribution < 1.29 is 4.42 Å². The number of nitrogens with zero attached hydrogens (tertiary/aromatic N) is 3. The lowest BCUT2D eigenvalue weighted by atomic mass is 10.2. The van der Waals surface area contributed by atoms with E-state index in [2.05, 4.69) is 56.8 Å². The Bertz CT molecular complexity index is 646. The van der Waals surface area contributed by atoms with Crippen LogP contribution in [0.2, 0.25) is 0 Å². The van der Waals surface area contributed by atoms with Crippen LogP contribution < -0.4 is 10.6 Å². The summed E-state index contributed by atoms with van der Waals surface area (Å²) in [5.74, 6) is 2.31. The highest BCUT2D eigenvalue weighted by atomic mass is 16.4. The largest absolute Gasteiger partial charge is 0.444 e. The molecule has 2 rings (SSSR count). The fourth-order valence-electron chi connectivity index (χ4n) is 2.52. The van der Waals surface area contributed by atoms with Crippen molar-refractivity contribution in [3.63, 3.8) is 0 Å². The second kappa shape index (κ2) is 9.84. The Morgan fingerprint density at radius 1 is 1.20 bits per heavy atom. The standard InChI is InChI=1S/C19H29N5O/c1-15-16(2)25-18(23-15)13-22-19(20-3)21-11-8-12-24(4)14-17-9-6-5-7-10-17/h5-7,9-10H,8,11-14H2,1-4H3,(H2,20,21,22). The third kappa shape index (κ3) is 6.58. The fourth-order valence-corrected chi connectivity index (χ4v) is 2.52. The molecule has 0 aliphatic carbocycles. The van der Waals surface area contributed by atoms with Gasteiger partial charge in [-0.2, -0.15) is 0 Å². The summed E-state index contributed by atoms with van der Waals surface area (Å²) < 4.78 is 5.56. The van der Waals surface area contributed by atoms with E-state index >= 15 is 0 Å². The first-order chi connectivity index (χ1) is 12.1. The molecule has 0 atom stereocenters. The van der Waals surface area contributed by atoms with E-state index < -0.39 is 0 Å². The van der Waals surface area contributed by atoms with Crippen LogP contribution in [0.15, 0.2) is 39.7 Å². The summed E-state index contributed by atoms with van der Waals surface area (Å²) in [5.41, 5.74) is 2.27. The van der Waals surface area contributed by atoms with Crippen LogP contribution in [0, 0.1) is 13.8 Å². The Hall–Kier alpha value is -2.34. The molecule has 0 unspecified atom stereocenters. The van der Waals surface area contributed by atoms with Gasteiger partial charge in [-0.3, -0.25) is 4.99 Å². The lowest BCUT2D eigenvalue weighted by Gasteiger charge is -2.17. The minimum Gasteiger partial charge on any atom is -0.444 e. The maximum Gasteiger partial charge on any atom is 0.214 e. The normalized spacial score (nSPS) is 11.8. The highest BCUT2D eigenvalue weighted by Gasteiger charge is 2.06. The lowest BCUT2D eigenvalue weighted by molar-refractivity contribution is 0.322. The van der Waals surface area contributed by atoms with Crippen LogP contribution in [0.25, 0.3) is 0 Å². The molecule has 136 valence electrons. The summed E-state index contributed by atoms with van der Waals surface area (Å²) in [7, 11) is 3.91. The molecule has 25 heavy (non-hydrogen) atoms. The van der Waals surface area contributed by atoms with E-state index in [0.717, 1.165) is 43.5 Å². The van der Waals surface area contributed by atoms with Crippen LogP contribution in [0.3, 0.4) is 0 Å². The van der Waals surface area contributed by atoms with Crippen LogP contribution in [0.1, 0.15) is 29.3 Å². The number of rotatable bonds is 8. The topological polar surface area (TPSA) is 65.7 Å². The molecule has 0 radical (unpaired) electrons. The summed E-state index contributed by atoms with van der Waals surface area (Å²) in [6.07, 6.45) is 1.04. The van der Waals surface area contributed by atoms with Gasteiger partial charge in [0.15, 0.2) is 5.96 Å². The molecule has 1 heterocycles. The average Bonchev–Trinajstić information content (AvgIpc) is 2.93. The van der Waals surface area contributed by atoms with Gasteiger partial charge in [0.2, 0.25) is 5.89 Å². The van der Waals surface area contributed by atoms with Gasteiger partial charge in [-0.05, 0) is 39.4 Å². The number of hydrogen-bond donors (Lipinski definition) is 2. The second-order valence-corrected chi connectivity index (χ2v) is 6.18. The van der Waals surface area contributed by atoms with Crippen molar-refractivity contribution in [1.82, 2.24) is 20.5 Å². The summed E-state index contributed by atoms with van der Waals surface area (Å²) in [5, 5.41) is 6.55. The molecule has 1 aromatic heterocycles. The van der Waals surface area contributed by atoms with Gasteiger partial charge in [0, 0.05) is 20.1 Å². The summed E-state index contributed by atoms with van der Waals surface area (Å²) in [4.78, 5) is 10.9. The molecule has 0 saturated heterocycles. The van der Waals surface area contributed by atoms with E-state index in [4.69, 9.17) is 4.42 Å². The van der Waals surface area contributed by atoms with E-state index in [9.17, 15) is 0 Å². The zero-order valence-corrected chi connectivity index (χ0v) is 15.7. The molecular weight excluding hydrogens is 314 g/mol. The predicted octanol–water partition coefficient (Wildman–Crippen LogP) is 2.48. The molecule has 6 nitrogen and oxygen atoms in total. The molecule has 1 aromatic carbocycles. The van der Waals surface area contributed by atoms with E-state index in [1.54, 1.807) is 7.05 Å². The van der Waals surface area contributed by atoms with Crippen molar-refractivity contribution in [1.29, 1.82) is 0 Å².